The monoisotopic (exact) mass is 750 g/mol. The minimum absolute atomic E-state index is 0.628. The lowest BCUT2D eigenvalue weighted by Gasteiger charge is -2.15. The van der Waals surface area contributed by atoms with Gasteiger partial charge in [-0.1, -0.05) is 170 Å². The Kier molecular flexibility index (Phi) is 7.50. The van der Waals surface area contributed by atoms with Crippen molar-refractivity contribution in [1.29, 1.82) is 0 Å². The highest BCUT2D eigenvalue weighted by Gasteiger charge is 2.20. The van der Waals surface area contributed by atoms with E-state index in [1.54, 1.807) is 0 Å². The molecule has 0 atom stereocenters. The fourth-order valence-corrected chi connectivity index (χ4v) is 8.99. The van der Waals surface area contributed by atoms with Crippen LogP contribution < -0.4 is 0 Å². The van der Waals surface area contributed by atoms with E-state index in [4.69, 9.17) is 15.0 Å². The summed E-state index contributed by atoms with van der Waals surface area (Å²) in [6.45, 7) is 0. The number of nitrogens with zero attached hydrogens (tertiary/aromatic N) is 4. The summed E-state index contributed by atoms with van der Waals surface area (Å²) in [6.07, 6.45) is 0. The highest BCUT2D eigenvalue weighted by molar-refractivity contribution is 6.14. The molecule has 2 heterocycles. The molecule has 0 radical (unpaired) electrons. The summed E-state index contributed by atoms with van der Waals surface area (Å²) < 4.78 is 2.41. The number of fused-ring (bicyclic) bond motifs is 7. The van der Waals surface area contributed by atoms with Gasteiger partial charge in [-0.05, 0) is 90.6 Å². The first-order valence-electron chi connectivity index (χ1n) is 20.0. The Hall–Kier alpha value is -7.95. The number of para-hydroxylation sites is 1. The van der Waals surface area contributed by atoms with Crippen LogP contribution in [0.1, 0.15) is 0 Å². The van der Waals surface area contributed by atoms with Crippen LogP contribution in [0.3, 0.4) is 0 Å². The molecular weight excluding hydrogens is 717 g/mol. The van der Waals surface area contributed by atoms with Crippen molar-refractivity contribution in [2.45, 2.75) is 0 Å². The lowest BCUT2D eigenvalue weighted by molar-refractivity contribution is 1.08. The molecule has 274 valence electrons. The smallest absolute Gasteiger partial charge is 0.164 e. The second-order valence-electron chi connectivity index (χ2n) is 15.2. The predicted molar refractivity (Wildman–Crippen MR) is 246 cm³/mol. The highest BCUT2D eigenvalue weighted by Crippen LogP contribution is 2.40. The van der Waals surface area contributed by atoms with E-state index >= 15 is 0 Å². The number of hydrogen-bond donors (Lipinski definition) is 0. The fourth-order valence-electron chi connectivity index (χ4n) is 8.99. The lowest BCUT2D eigenvalue weighted by Crippen LogP contribution is -2.02. The third-order valence-corrected chi connectivity index (χ3v) is 11.8. The van der Waals surface area contributed by atoms with Crippen molar-refractivity contribution in [3.63, 3.8) is 0 Å². The molecule has 0 aliphatic heterocycles. The molecule has 0 bridgehead atoms. The van der Waals surface area contributed by atoms with Crippen molar-refractivity contribution in [3.8, 4) is 51.0 Å². The first-order chi connectivity index (χ1) is 29.2. The molecule has 59 heavy (non-hydrogen) atoms. The number of rotatable bonds is 5. The number of hydrogen-bond acceptors (Lipinski definition) is 3. The van der Waals surface area contributed by atoms with Crippen LogP contribution in [0.2, 0.25) is 0 Å². The summed E-state index contributed by atoms with van der Waals surface area (Å²) in [5, 5.41) is 11.5. The van der Waals surface area contributed by atoms with Crippen LogP contribution in [-0.2, 0) is 0 Å². The minimum Gasteiger partial charge on any atom is -0.309 e. The summed E-state index contributed by atoms with van der Waals surface area (Å²) in [5.41, 5.74) is 8.65. The molecule has 10 aromatic carbocycles. The van der Waals surface area contributed by atoms with Gasteiger partial charge in [-0.2, -0.15) is 0 Å². The molecule has 0 saturated heterocycles. The van der Waals surface area contributed by atoms with Crippen molar-refractivity contribution in [2.24, 2.45) is 0 Å². The molecule has 0 N–H and O–H groups in total. The van der Waals surface area contributed by atoms with Gasteiger partial charge in [0.25, 0.3) is 0 Å². The second-order valence-corrected chi connectivity index (χ2v) is 15.2. The summed E-state index contributed by atoms with van der Waals surface area (Å²) in [7, 11) is 0. The third-order valence-electron chi connectivity index (χ3n) is 11.8. The molecule has 12 aromatic rings. The van der Waals surface area contributed by atoms with Gasteiger partial charge in [0.15, 0.2) is 17.5 Å². The van der Waals surface area contributed by atoms with Crippen LogP contribution in [0.15, 0.2) is 206 Å². The maximum Gasteiger partial charge on any atom is 0.164 e. The summed E-state index contributed by atoms with van der Waals surface area (Å²) in [4.78, 5) is 16.0. The third kappa shape index (κ3) is 5.49. The van der Waals surface area contributed by atoms with Crippen LogP contribution in [-0.4, -0.2) is 19.5 Å². The van der Waals surface area contributed by atoms with Gasteiger partial charge < -0.3 is 4.57 Å². The topological polar surface area (TPSA) is 43.6 Å². The average molecular weight is 751 g/mol. The molecule has 2 aromatic heterocycles. The molecule has 0 spiro atoms. The largest absolute Gasteiger partial charge is 0.309 e. The molecule has 0 saturated carbocycles. The second kappa shape index (κ2) is 13.3. The normalized spacial score (nSPS) is 11.7. The van der Waals surface area contributed by atoms with Gasteiger partial charge in [-0.3, -0.25) is 0 Å². The average Bonchev–Trinajstić information content (AvgIpc) is 3.63. The van der Waals surface area contributed by atoms with Gasteiger partial charge in [-0.25, -0.2) is 15.0 Å². The molecule has 4 heteroatoms. The van der Waals surface area contributed by atoms with Gasteiger partial charge in [0.05, 0.1) is 11.0 Å². The Labute approximate surface area is 340 Å². The zero-order valence-corrected chi connectivity index (χ0v) is 31.9. The summed E-state index contributed by atoms with van der Waals surface area (Å²) in [6, 6.07) is 73.5. The molecule has 4 nitrogen and oxygen atoms in total. The van der Waals surface area contributed by atoms with Gasteiger partial charge >= 0.3 is 0 Å². The Bertz CT molecular complexity index is 3510. The molecule has 0 fully saturated rings. The zero-order chi connectivity index (χ0) is 38.9. The van der Waals surface area contributed by atoms with Crippen LogP contribution in [0.5, 0.6) is 0 Å². The number of benzene rings is 10. The standard InChI is InChI=1S/C55H34N4/c1-2-14-35(15-3-1)38-28-29-39-33-52-49(32-41(39)30-38)46-24-10-11-27-51(46)59(52)42-31-40-18-6-9-23-45(40)50(34-42)55-57-53(47-25-12-19-36-16-4-7-21-43(36)47)56-54(58-55)48-26-13-20-37-17-5-8-22-44(37)48/h1-34H. The van der Waals surface area contributed by atoms with E-state index in [-0.39, 0.29) is 0 Å². The SMILES string of the molecule is c1ccc(-c2ccc3cc4c(cc3c2)c2ccccc2n4-c2cc(-c3nc(-c4cccc5ccccc45)nc(-c4cccc5ccccc45)n3)c3ccccc3c2)cc1. The van der Waals surface area contributed by atoms with Gasteiger partial charge in [0.2, 0.25) is 0 Å². The van der Waals surface area contributed by atoms with Crippen LogP contribution in [0.4, 0.5) is 0 Å². The minimum atomic E-state index is 0.628. The van der Waals surface area contributed by atoms with Gasteiger partial charge in [0.1, 0.15) is 0 Å². The Balaban J connectivity index is 1.12. The molecule has 0 aliphatic carbocycles. The predicted octanol–water partition coefficient (Wildman–Crippen LogP) is 14.2. The highest BCUT2D eigenvalue weighted by atomic mass is 15.0. The molecule has 0 unspecified atom stereocenters. The van der Waals surface area contributed by atoms with E-state index in [9.17, 15) is 0 Å². The van der Waals surface area contributed by atoms with Crippen LogP contribution in [0.25, 0.3) is 116 Å². The van der Waals surface area contributed by atoms with Crippen molar-refractivity contribution in [1.82, 2.24) is 19.5 Å². The molecule has 0 aliphatic rings. The number of aromatic nitrogens is 4. The Morgan fingerprint density at radius 1 is 0.271 bits per heavy atom. The van der Waals surface area contributed by atoms with Gasteiger partial charge in [0, 0.05) is 33.2 Å². The van der Waals surface area contributed by atoms with E-state index in [0.29, 0.717) is 17.5 Å². The maximum absolute atomic E-state index is 5.37. The Morgan fingerprint density at radius 3 is 1.49 bits per heavy atom. The molecule has 12 rings (SSSR count). The molecular formula is C55H34N4. The van der Waals surface area contributed by atoms with Crippen molar-refractivity contribution >= 4 is 64.9 Å². The zero-order valence-electron chi connectivity index (χ0n) is 31.9. The van der Waals surface area contributed by atoms with Crippen molar-refractivity contribution in [3.05, 3.63) is 206 Å². The first-order valence-corrected chi connectivity index (χ1v) is 20.0. The maximum atomic E-state index is 5.37. The van der Waals surface area contributed by atoms with E-state index in [1.807, 2.05) is 0 Å². The van der Waals surface area contributed by atoms with Gasteiger partial charge in [-0.15, -0.1) is 0 Å². The van der Waals surface area contributed by atoms with Crippen LogP contribution >= 0.6 is 0 Å². The quantitative estimate of drug-likeness (QED) is 0.176. The fraction of sp³-hybridized carbons (Fsp3) is 0. The van der Waals surface area contributed by atoms with Crippen LogP contribution in [0, 0.1) is 0 Å². The van der Waals surface area contributed by atoms with Crippen molar-refractivity contribution in [2.75, 3.05) is 0 Å². The van der Waals surface area contributed by atoms with E-state index in [0.717, 1.165) is 65.7 Å². The van der Waals surface area contributed by atoms with Crippen molar-refractivity contribution < 1.29 is 0 Å². The Morgan fingerprint density at radius 2 is 0.814 bits per heavy atom. The summed E-state index contributed by atoms with van der Waals surface area (Å²) >= 11 is 0. The molecule has 0 amide bonds. The first kappa shape index (κ1) is 33.2. The van der Waals surface area contributed by atoms with E-state index in [2.05, 4.69) is 211 Å². The van der Waals surface area contributed by atoms with E-state index in [1.165, 1.54) is 32.7 Å². The summed E-state index contributed by atoms with van der Waals surface area (Å²) in [5.74, 6) is 1.91. The van der Waals surface area contributed by atoms with E-state index < -0.39 is 0 Å². The lowest BCUT2D eigenvalue weighted by atomic mass is 9.99.